The summed E-state index contributed by atoms with van der Waals surface area (Å²) in [6.45, 7) is 0. The maximum atomic E-state index is 11.4. The Morgan fingerprint density at radius 1 is 1.26 bits per heavy atom. The lowest BCUT2D eigenvalue weighted by molar-refractivity contribution is 0.0601. The van der Waals surface area contributed by atoms with Crippen LogP contribution in [0.2, 0.25) is 0 Å². The van der Waals surface area contributed by atoms with Crippen LogP contribution < -0.4 is 0 Å². The summed E-state index contributed by atoms with van der Waals surface area (Å²) in [6.07, 6.45) is 1.59. The molecule has 0 bridgehead atoms. The van der Waals surface area contributed by atoms with E-state index in [0.29, 0.717) is 16.8 Å². The van der Waals surface area contributed by atoms with Crippen LogP contribution in [0.4, 0.5) is 5.69 Å². The lowest BCUT2D eigenvalue weighted by Gasteiger charge is -1.99. The molecular weight excluding hydrogens is 360 g/mol. The number of nitrogens with one attached hydrogen (secondary N) is 1. The van der Waals surface area contributed by atoms with E-state index >= 15 is 0 Å². The molecule has 3 aromatic rings. The number of carbonyl (C=O) groups is 1. The number of carbonyl (C=O) groups excluding carboxylic acids is 1. The molecule has 2 N–H and O–H groups in total. The molecule has 3 rings (SSSR count). The third-order valence-electron chi connectivity index (χ3n) is 3.41. The highest BCUT2D eigenvalue weighted by molar-refractivity contribution is 9.10. The van der Waals surface area contributed by atoms with Crippen molar-refractivity contribution >= 4 is 44.7 Å². The highest BCUT2D eigenvalue weighted by Gasteiger charge is 2.09. The quantitative estimate of drug-likeness (QED) is 0.535. The average molecular weight is 373 g/mol. The minimum atomic E-state index is -0.389. The summed E-state index contributed by atoms with van der Waals surface area (Å²) < 4.78 is 5.57. The van der Waals surface area contributed by atoms with E-state index in [0.717, 1.165) is 15.4 Å². The number of methoxy groups -OCH3 is 1. The third kappa shape index (κ3) is 3.12. The first-order chi connectivity index (χ1) is 11.1. The largest absolute Gasteiger partial charge is 0.494 e. The minimum Gasteiger partial charge on any atom is -0.494 e. The highest BCUT2D eigenvalue weighted by atomic mass is 79.9. The second-order valence-electron chi connectivity index (χ2n) is 4.87. The molecule has 1 heterocycles. The topological polar surface area (TPSA) is 74.7 Å². The molecule has 2 aromatic carbocycles. The second-order valence-corrected chi connectivity index (χ2v) is 5.79. The number of ether oxygens (including phenoxy) is 1. The molecule has 0 aliphatic rings. The van der Waals surface area contributed by atoms with Gasteiger partial charge in [-0.15, -0.1) is 0 Å². The molecule has 116 valence electrons. The molecule has 6 heteroatoms. The Balaban J connectivity index is 1.92. The van der Waals surface area contributed by atoms with Crippen LogP contribution in [0.1, 0.15) is 15.9 Å². The number of benzene rings is 2. The predicted octanol–water partition coefficient (Wildman–Crippen LogP) is 4.17. The Morgan fingerprint density at radius 2 is 2.00 bits per heavy atom. The van der Waals surface area contributed by atoms with Crippen LogP contribution in [-0.2, 0) is 4.74 Å². The molecule has 0 aliphatic heterocycles. The second kappa shape index (κ2) is 6.26. The summed E-state index contributed by atoms with van der Waals surface area (Å²) in [5, 5.41) is 10.9. The first-order valence-corrected chi connectivity index (χ1v) is 7.60. The van der Waals surface area contributed by atoms with E-state index in [4.69, 9.17) is 0 Å². The van der Waals surface area contributed by atoms with Crippen LogP contribution in [0, 0.1) is 0 Å². The van der Waals surface area contributed by atoms with Crippen molar-refractivity contribution in [3.05, 3.63) is 58.1 Å². The van der Waals surface area contributed by atoms with E-state index in [1.807, 2.05) is 18.2 Å². The van der Waals surface area contributed by atoms with Crippen molar-refractivity contribution in [1.29, 1.82) is 0 Å². The molecule has 0 spiro atoms. The smallest absolute Gasteiger partial charge is 0.337 e. The van der Waals surface area contributed by atoms with Crippen molar-refractivity contribution < 1.29 is 14.6 Å². The number of H-pyrrole nitrogens is 1. The summed E-state index contributed by atoms with van der Waals surface area (Å²) in [6, 6.07) is 12.4. The van der Waals surface area contributed by atoms with Crippen molar-refractivity contribution in [2.75, 3.05) is 7.11 Å². The lowest BCUT2D eigenvalue weighted by atomic mass is 10.2. The summed E-state index contributed by atoms with van der Waals surface area (Å²) in [5.74, 6) is -0.326. The zero-order valence-corrected chi connectivity index (χ0v) is 13.8. The molecule has 0 radical (unpaired) electrons. The Bertz CT molecular complexity index is 898. The van der Waals surface area contributed by atoms with Crippen molar-refractivity contribution in [3.63, 3.8) is 0 Å². The molecule has 0 atom stereocenters. The number of rotatable bonds is 3. The van der Waals surface area contributed by atoms with Gasteiger partial charge in [0, 0.05) is 21.6 Å². The molecule has 0 aliphatic carbocycles. The van der Waals surface area contributed by atoms with E-state index in [-0.39, 0.29) is 11.8 Å². The molecule has 0 saturated heterocycles. The van der Waals surface area contributed by atoms with Crippen LogP contribution >= 0.6 is 15.9 Å². The lowest BCUT2D eigenvalue weighted by Crippen LogP contribution is -1.99. The fraction of sp³-hybridized carbons (Fsp3) is 0.0588. The standard InChI is InChI=1S/C17H13BrN2O3/c1-23-17(22)10-2-5-12(6-3-10)19-9-14-13-8-11(18)4-7-15(13)20-16(14)21/h2-9,20-21H,1H3. The summed E-state index contributed by atoms with van der Waals surface area (Å²) in [4.78, 5) is 18.6. The number of aromatic nitrogens is 1. The number of aliphatic imine (C=N–C) groups is 1. The zero-order valence-electron chi connectivity index (χ0n) is 12.2. The fourth-order valence-electron chi connectivity index (χ4n) is 2.24. The van der Waals surface area contributed by atoms with E-state index < -0.39 is 0 Å². The Labute approximate surface area is 140 Å². The van der Waals surface area contributed by atoms with Crippen LogP contribution in [0.3, 0.4) is 0 Å². The van der Waals surface area contributed by atoms with Gasteiger partial charge in [0.2, 0.25) is 0 Å². The Hall–Kier alpha value is -2.60. The van der Waals surface area contributed by atoms with Gasteiger partial charge in [0.05, 0.1) is 23.9 Å². The average Bonchev–Trinajstić information content (AvgIpc) is 2.87. The maximum Gasteiger partial charge on any atom is 0.337 e. The van der Waals surface area contributed by atoms with Crippen LogP contribution in [0.25, 0.3) is 10.9 Å². The first-order valence-electron chi connectivity index (χ1n) is 6.81. The Morgan fingerprint density at radius 3 is 2.70 bits per heavy atom. The van der Waals surface area contributed by atoms with Gasteiger partial charge < -0.3 is 14.8 Å². The van der Waals surface area contributed by atoms with E-state index in [1.54, 1.807) is 30.5 Å². The van der Waals surface area contributed by atoms with Crippen molar-refractivity contribution in [2.24, 2.45) is 4.99 Å². The van der Waals surface area contributed by atoms with Gasteiger partial charge >= 0.3 is 5.97 Å². The minimum absolute atomic E-state index is 0.0630. The van der Waals surface area contributed by atoms with E-state index in [2.05, 4.69) is 30.6 Å². The van der Waals surface area contributed by atoms with Gasteiger partial charge in [0.15, 0.2) is 5.88 Å². The molecule has 5 nitrogen and oxygen atoms in total. The van der Waals surface area contributed by atoms with Crippen LogP contribution in [0.5, 0.6) is 5.88 Å². The molecule has 23 heavy (non-hydrogen) atoms. The zero-order chi connectivity index (χ0) is 16.4. The number of aromatic hydroxyl groups is 1. The van der Waals surface area contributed by atoms with Gasteiger partial charge in [0.25, 0.3) is 0 Å². The summed E-state index contributed by atoms with van der Waals surface area (Å²) >= 11 is 3.42. The first kappa shape index (κ1) is 15.3. The van der Waals surface area contributed by atoms with Crippen LogP contribution in [0.15, 0.2) is 51.9 Å². The van der Waals surface area contributed by atoms with Gasteiger partial charge in [0.1, 0.15) is 0 Å². The molecular formula is C17H13BrN2O3. The SMILES string of the molecule is COC(=O)c1ccc(N=Cc2c(O)[nH]c3ccc(Br)cc23)cc1. The van der Waals surface area contributed by atoms with Gasteiger partial charge in [-0.2, -0.15) is 0 Å². The normalized spacial score (nSPS) is 11.2. The summed E-state index contributed by atoms with van der Waals surface area (Å²) in [5.41, 5.74) is 2.57. The number of aromatic amines is 1. The molecule has 1 aromatic heterocycles. The number of halogens is 1. The van der Waals surface area contributed by atoms with Crippen molar-refractivity contribution in [1.82, 2.24) is 4.98 Å². The highest BCUT2D eigenvalue weighted by Crippen LogP contribution is 2.28. The number of nitrogens with zero attached hydrogens (tertiary/aromatic N) is 1. The molecule has 0 fully saturated rings. The third-order valence-corrected chi connectivity index (χ3v) is 3.90. The number of fused-ring (bicyclic) bond motifs is 1. The molecule has 0 amide bonds. The number of hydrogen-bond acceptors (Lipinski definition) is 4. The maximum absolute atomic E-state index is 11.4. The van der Waals surface area contributed by atoms with Crippen LogP contribution in [-0.4, -0.2) is 29.4 Å². The fourth-order valence-corrected chi connectivity index (χ4v) is 2.60. The monoisotopic (exact) mass is 372 g/mol. The van der Waals surface area contributed by atoms with Gasteiger partial charge in [-0.25, -0.2) is 4.79 Å². The van der Waals surface area contributed by atoms with Gasteiger partial charge in [-0.3, -0.25) is 4.99 Å². The van der Waals surface area contributed by atoms with E-state index in [1.165, 1.54) is 7.11 Å². The number of esters is 1. The number of hydrogen-bond donors (Lipinski definition) is 2. The van der Waals surface area contributed by atoms with Crippen molar-refractivity contribution in [2.45, 2.75) is 0 Å². The summed E-state index contributed by atoms with van der Waals surface area (Å²) in [7, 11) is 1.34. The van der Waals surface area contributed by atoms with E-state index in [9.17, 15) is 9.90 Å². The predicted molar refractivity (Wildman–Crippen MR) is 92.7 cm³/mol. The van der Waals surface area contributed by atoms with Gasteiger partial charge in [-0.05, 0) is 42.5 Å². The van der Waals surface area contributed by atoms with Gasteiger partial charge in [-0.1, -0.05) is 15.9 Å². The molecule has 0 unspecified atom stereocenters. The van der Waals surface area contributed by atoms with Crippen molar-refractivity contribution in [3.8, 4) is 5.88 Å². The molecule has 0 saturated carbocycles. The Kier molecular flexibility index (Phi) is 4.16.